The molecule has 0 aliphatic heterocycles. The molecule has 0 fully saturated rings. The Hall–Kier alpha value is -3.21. The lowest BCUT2D eigenvalue weighted by Crippen LogP contribution is -2.25. The molecule has 2 aromatic carbocycles. The Labute approximate surface area is 124 Å². The topological polar surface area (TPSA) is 71.9 Å². The molecule has 4 rings (SSSR count). The largest absolute Gasteiger partial charge is 0.285 e. The third-order valence-electron chi connectivity index (χ3n) is 3.78. The van der Waals surface area contributed by atoms with E-state index in [2.05, 4.69) is 5.10 Å². The van der Waals surface area contributed by atoms with Crippen molar-refractivity contribution in [2.75, 3.05) is 0 Å². The van der Waals surface area contributed by atoms with Gasteiger partial charge in [0.2, 0.25) is 11.6 Å². The quantitative estimate of drug-likeness (QED) is 0.698. The molecule has 0 amide bonds. The van der Waals surface area contributed by atoms with Gasteiger partial charge in [-0.3, -0.25) is 24.2 Å². The van der Waals surface area contributed by atoms with E-state index in [-0.39, 0.29) is 5.56 Å². The average Bonchev–Trinajstić information content (AvgIpc) is 2.91. The van der Waals surface area contributed by atoms with Crippen molar-refractivity contribution >= 4 is 11.6 Å². The third kappa shape index (κ3) is 1.56. The normalized spacial score (nSPS) is 12.9. The second-order valence-corrected chi connectivity index (χ2v) is 5.04. The lowest BCUT2D eigenvalue weighted by molar-refractivity contribution is 0.0814. The number of aromatic amines is 1. The van der Waals surface area contributed by atoms with Gasteiger partial charge in [-0.25, -0.2) is 0 Å². The van der Waals surface area contributed by atoms with E-state index in [0.29, 0.717) is 16.8 Å². The number of H-pyrrole nitrogens is 1. The maximum absolute atomic E-state index is 12.3. The van der Waals surface area contributed by atoms with Crippen LogP contribution in [0, 0.1) is 0 Å². The van der Waals surface area contributed by atoms with Crippen molar-refractivity contribution < 1.29 is 9.59 Å². The summed E-state index contributed by atoms with van der Waals surface area (Å²) < 4.78 is 1.56. The molecular weight excluding hydrogens is 280 g/mol. The number of carbonyl (C=O) groups is 2. The van der Waals surface area contributed by atoms with Crippen LogP contribution in [0.1, 0.15) is 20.7 Å². The SMILES string of the molecule is O=C1C(=O)c2c(n(-c3ccccc3)[nH]c2=O)-c2ccccc21. The zero-order chi connectivity index (χ0) is 15.3. The van der Waals surface area contributed by atoms with Crippen molar-refractivity contribution in [2.24, 2.45) is 0 Å². The second kappa shape index (κ2) is 4.39. The zero-order valence-corrected chi connectivity index (χ0v) is 11.4. The molecule has 1 heterocycles. The predicted octanol–water partition coefficient (Wildman–Crippen LogP) is 2.21. The van der Waals surface area contributed by atoms with Crippen molar-refractivity contribution in [2.45, 2.75) is 0 Å². The number of fused-ring (bicyclic) bond motifs is 3. The summed E-state index contributed by atoms with van der Waals surface area (Å²) in [5.74, 6) is -1.40. The monoisotopic (exact) mass is 290 g/mol. The van der Waals surface area contributed by atoms with E-state index in [9.17, 15) is 14.4 Å². The van der Waals surface area contributed by atoms with E-state index < -0.39 is 17.1 Å². The lowest BCUT2D eigenvalue weighted by atomic mass is 9.88. The molecule has 1 aromatic heterocycles. The van der Waals surface area contributed by atoms with Crippen molar-refractivity contribution in [3.63, 3.8) is 0 Å². The first-order valence-electron chi connectivity index (χ1n) is 6.77. The van der Waals surface area contributed by atoms with Gasteiger partial charge in [0.05, 0.1) is 11.4 Å². The number of rotatable bonds is 1. The van der Waals surface area contributed by atoms with E-state index in [4.69, 9.17) is 0 Å². The van der Waals surface area contributed by atoms with Gasteiger partial charge in [0, 0.05) is 11.1 Å². The van der Waals surface area contributed by atoms with Crippen LogP contribution in [0.15, 0.2) is 59.4 Å². The van der Waals surface area contributed by atoms with Crippen LogP contribution in [0.2, 0.25) is 0 Å². The molecule has 0 saturated heterocycles. The molecule has 106 valence electrons. The number of Topliss-reactive ketones (excluding diaryl/α,β-unsaturated/α-hetero) is 2. The fourth-order valence-electron chi connectivity index (χ4n) is 2.79. The zero-order valence-electron chi connectivity index (χ0n) is 11.4. The number of benzene rings is 2. The summed E-state index contributed by atoms with van der Waals surface area (Å²) in [5.41, 5.74) is 1.43. The number of nitrogens with zero attached hydrogens (tertiary/aromatic N) is 1. The average molecular weight is 290 g/mol. The molecule has 0 saturated carbocycles. The van der Waals surface area contributed by atoms with Crippen LogP contribution in [0.25, 0.3) is 16.9 Å². The first kappa shape index (κ1) is 12.5. The minimum atomic E-state index is -0.760. The summed E-state index contributed by atoms with van der Waals surface area (Å²) in [5, 5.41) is 2.65. The molecule has 1 aliphatic rings. The highest BCUT2D eigenvalue weighted by Crippen LogP contribution is 2.32. The number of aromatic nitrogens is 2. The van der Waals surface area contributed by atoms with E-state index in [1.807, 2.05) is 30.3 Å². The molecule has 0 bridgehead atoms. The summed E-state index contributed by atoms with van der Waals surface area (Å²) in [6.07, 6.45) is 0. The van der Waals surface area contributed by atoms with Crippen molar-refractivity contribution in [3.8, 4) is 16.9 Å². The summed E-state index contributed by atoms with van der Waals surface area (Å²) >= 11 is 0. The van der Waals surface area contributed by atoms with Gasteiger partial charge in [-0.15, -0.1) is 0 Å². The summed E-state index contributed by atoms with van der Waals surface area (Å²) in [7, 11) is 0. The first-order valence-corrected chi connectivity index (χ1v) is 6.77. The van der Waals surface area contributed by atoms with Gasteiger partial charge < -0.3 is 0 Å². The molecule has 22 heavy (non-hydrogen) atoms. The summed E-state index contributed by atoms with van der Waals surface area (Å²) in [6, 6.07) is 16.0. The smallest absolute Gasteiger partial charge is 0.276 e. The van der Waals surface area contributed by atoms with Crippen molar-refractivity contribution in [1.82, 2.24) is 9.78 Å². The minimum absolute atomic E-state index is 0.0902. The number of ketones is 2. The highest BCUT2D eigenvalue weighted by Gasteiger charge is 2.35. The van der Waals surface area contributed by atoms with E-state index >= 15 is 0 Å². The van der Waals surface area contributed by atoms with Crippen molar-refractivity contribution in [3.05, 3.63) is 76.1 Å². The highest BCUT2D eigenvalue weighted by atomic mass is 16.2. The molecule has 0 unspecified atom stereocenters. The summed E-state index contributed by atoms with van der Waals surface area (Å²) in [4.78, 5) is 36.6. The van der Waals surface area contributed by atoms with Gasteiger partial charge >= 0.3 is 0 Å². The Kier molecular flexibility index (Phi) is 2.50. The van der Waals surface area contributed by atoms with Gasteiger partial charge in [-0.05, 0) is 12.1 Å². The maximum atomic E-state index is 12.3. The third-order valence-corrected chi connectivity index (χ3v) is 3.78. The maximum Gasteiger partial charge on any atom is 0.276 e. The minimum Gasteiger partial charge on any atom is -0.285 e. The van der Waals surface area contributed by atoms with E-state index in [1.165, 1.54) is 0 Å². The fraction of sp³-hybridized carbons (Fsp3) is 0. The molecule has 0 spiro atoms. The van der Waals surface area contributed by atoms with Gasteiger partial charge in [0.15, 0.2) is 0 Å². The van der Waals surface area contributed by atoms with Crippen LogP contribution >= 0.6 is 0 Å². The number of hydrogen-bond donors (Lipinski definition) is 1. The standard InChI is InChI=1S/C17H10N2O3/c20-15-12-9-5-4-8-11(12)14-13(16(15)21)17(22)18-19(14)10-6-2-1-3-7-10/h1-9H,(H,18,22). The fourth-order valence-corrected chi connectivity index (χ4v) is 2.79. The molecule has 1 N–H and O–H groups in total. The Morgan fingerprint density at radius 3 is 2.09 bits per heavy atom. The Balaban J connectivity index is 2.13. The molecule has 3 aromatic rings. The number of para-hydroxylation sites is 1. The van der Waals surface area contributed by atoms with Gasteiger partial charge in [-0.2, -0.15) is 0 Å². The summed E-state index contributed by atoms with van der Waals surface area (Å²) in [6.45, 7) is 0. The van der Waals surface area contributed by atoms with Crippen LogP contribution < -0.4 is 5.56 Å². The molecule has 0 atom stereocenters. The Morgan fingerprint density at radius 1 is 0.727 bits per heavy atom. The van der Waals surface area contributed by atoms with Gasteiger partial charge in [0.1, 0.15) is 5.56 Å². The number of carbonyl (C=O) groups excluding carboxylic acids is 2. The highest BCUT2D eigenvalue weighted by molar-refractivity contribution is 6.52. The van der Waals surface area contributed by atoms with Crippen LogP contribution in [-0.4, -0.2) is 21.3 Å². The molecule has 5 nitrogen and oxygen atoms in total. The van der Waals surface area contributed by atoms with Crippen LogP contribution in [0.5, 0.6) is 0 Å². The molecule has 1 aliphatic carbocycles. The van der Waals surface area contributed by atoms with Crippen LogP contribution in [0.3, 0.4) is 0 Å². The van der Waals surface area contributed by atoms with Crippen LogP contribution in [0.4, 0.5) is 0 Å². The van der Waals surface area contributed by atoms with Crippen molar-refractivity contribution in [1.29, 1.82) is 0 Å². The Bertz CT molecular complexity index is 981. The first-order chi connectivity index (χ1) is 10.7. The Morgan fingerprint density at radius 2 is 1.36 bits per heavy atom. The second-order valence-electron chi connectivity index (χ2n) is 5.04. The number of nitrogens with one attached hydrogen (secondary N) is 1. The van der Waals surface area contributed by atoms with E-state index in [1.54, 1.807) is 28.9 Å². The van der Waals surface area contributed by atoms with Gasteiger partial charge in [0.25, 0.3) is 5.56 Å². The molecule has 5 heteroatoms. The van der Waals surface area contributed by atoms with E-state index in [0.717, 1.165) is 5.69 Å². The molecular formula is C17H10N2O3. The predicted molar refractivity (Wildman–Crippen MR) is 80.5 cm³/mol. The van der Waals surface area contributed by atoms with Crippen LogP contribution in [-0.2, 0) is 0 Å². The van der Waals surface area contributed by atoms with Gasteiger partial charge in [-0.1, -0.05) is 42.5 Å². The number of hydrogen-bond acceptors (Lipinski definition) is 3. The molecule has 0 radical (unpaired) electrons. The lowest BCUT2D eigenvalue weighted by Gasteiger charge is -2.16.